The topological polar surface area (TPSA) is 60.5 Å². The minimum atomic E-state index is -0.122. The number of fused-ring (bicyclic) bond motifs is 1. The van der Waals surface area contributed by atoms with Gasteiger partial charge in [0.25, 0.3) is 0 Å². The van der Waals surface area contributed by atoms with Crippen molar-refractivity contribution in [3.63, 3.8) is 0 Å². The summed E-state index contributed by atoms with van der Waals surface area (Å²) in [5.41, 5.74) is 8.55. The van der Waals surface area contributed by atoms with E-state index < -0.39 is 0 Å². The number of amides is 1. The van der Waals surface area contributed by atoms with E-state index in [1.807, 2.05) is 50.4 Å². The van der Waals surface area contributed by atoms with Crippen LogP contribution in [0.2, 0.25) is 0 Å². The number of nitrogens with zero attached hydrogens (tertiary/aromatic N) is 3. The molecule has 0 spiro atoms. The second-order valence-electron chi connectivity index (χ2n) is 10.7. The van der Waals surface area contributed by atoms with Gasteiger partial charge in [0.15, 0.2) is 5.11 Å². The van der Waals surface area contributed by atoms with E-state index in [0.717, 1.165) is 28.2 Å². The molecule has 1 aromatic heterocycles. The van der Waals surface area contributed by atoms with Gasteiger partial charge < -0.3 is 20.4 Å². The molecular weight excluding hydrogens is 490 g/mol. The number of carbonyl (C=O) groups excluding carboxylic acids is 1. The summed E-state index contributed by atoms with van der Waals surface area (Å²) in [5.74, 6) is -0.00191. The molecule has 1 amide bonds. The maximum Gasteiger partial charge on any atom is 0.224 e. The SMILES string of the molecule is CCC(=O)Nc1ccc(N2C(=S)NC(c3ccccn3)C2c2ccc3c(c2)C(C)=CC(C)(C)N3C)cc1C. The van der Waals surface area contributed by atoms with E-state index in [9.17, 15) is 4.79 Å². The molecule has 2 N–H and O–H groups in total. The van der Waals surface area contributed by atoms with Gasteiger partial charge >= 0.3 is 0 Å². The van der Waals surface area contributed by atoms with Crippen molar-refractivity contribution >= 4 is 45.9 Å². The van der Waals surface area contributed by atoms with E-state index in [0.29, 0.717) is 11.5 Å². The number of pyridine rings is 1. The highest BCUT2D eigenvalue weighted by Crippen LogP contribution is 2.45. The number of hydrogen-bond donors (Lipinski definition) is 2. The van der Waals surface area contributed by atoms with Crippen LogP contribution in [0.4, 0.5) is 17.1 Å². The van der Waals surface area contributed by atoms with Gasteiger partial charge in [0.2, 0.25) is 5.91 Å². The molecule has 2 atom stereocenters. The number of rotatable bonds is 5. The molecule has 0 saturated carbocycles. The van der Waals surface area contributed by atoms with Crippen molar-refractivity contribution < 1.29 is 4.79 Å². The van der Waals surface area contributed by atoms with E-state index in [1.165, 1.54) is 16.8 Å². The summed E-state index contributed by atoms with van der Waals surface area (Å²) >= 11 is 5.93. The van der Waals surface area contributed by atoms with Crippen LogP contribution in [0.3, 0.4) is 0 Å². The summed E-state index contributed by atoms with van der Waals surface area (Å²) < 4.78 is 0. The molecule has 3 heterocycles. The van der Waals surface area contributed by atoms with Gasteiger partial charge in [-0.15, -0.1) is 0 Å². The zero-order chi connectivity index (χ0) is 27.2. The Morgan fingerprint density at radius 1 is 1.13 bits per heavy atom. The molecular formula is C31H35N5OS. The standard InChI is InChI=1S/C31H35N5OS/c1-7-27(37)33-24-13-12-22(16-19(24)2)36-29(28(34-30(36)38)25-10-8-9-15-32-25)21-11-14-26-23(17-21)20(3)18-31(4,5)35(26)6/h8-18,28-29H,7H2,1-6H3,(H,33,37)(H,34,38). The Hall–Kier alpha value is -3.71. The Morgan fingerprint density at radius 3 is 2.61 bits per heavy atom. The third kappa shape index (κ3) is 4.56. The van der Waals surface area contributed by atoms with E-state index >= 15 is 0 Å². The zero-order valence-electron chi connectivity index (χ0n) is 22.9. The lowest BCUT2D eigenvalue weighted by Crippen LogP contribution is -2.42. The summed E-state index contributed by atoms with van der Waals surface area (Å²) in [5, 5.41) is 7.20. The first-order chi connectivity index (χ1) is 18.1. The Kier molecular flexibility index (Phi) is 6.73. The van der Waals surface area contributed by atoms with Gasteiger partial charge in [-0.1, -0.05) is 25.1 Å². The highest BCUT2D eigenvalue weighted by Gasteiger charge is 2.41. The van der Waals surface area contributed by atoms with Crippen molar-refractivity contribution in [2.45, 2.75) is 58.7 Å². The van der Waals surface area contributed by atoms with Crippen LogP contribution in [-0.4, -0.2) is 28.6 Å². The molecule has 6 nitrogen and oxygen atoms in total. The second-order valence-corrected chi connectivity index (χ2v) is 11.1. The molecule has 196 valence electrons. The molecule has 2 aliphatic heterocycles. The van der Waals surface area contributed by atoms with Gasteiger partial charge in [0.1, 0.15) is 0 Å². The second kappa shape index (κ2) is 9.87. The first-order valence-corrected chi connectivity index (χ1v) is 13.5. The van der Waals surface area contributed by atoms with Gasteiger partial charge in [0, 0.05) is 42.3 Å². The van der Waals surface area contributed by atoms with Crippen LogP contribution in [0.15, 0.2) is 66.9 Å². The summed E-state index contributed by atoms with van der Waals surface area (Å²) in [7, 11) is 2.15. The molecule has 38 heavy (non-hydrogen) atoms. The number of nitrogens with one attached hydrogen (secondary N) is 2. The summed E-state index contributed by atoms with van der Waals surface area (Å²) in [6.45, 7) is 10.5. The average molecular weight is 526 g/mol. The van der Waals surface area contributed by atoms with Crippen molar-refractivity contribution in [3.8, 4) is 0 Å². The average Bonchev–Trinajstić information content (AvgIpc) is 3.25. The number of carbonyl (C=O) groups is 1. The number of aryl methyl sites for hydroxylation is 1. The molecule has 0 radical (unpaired) electrons. The quantitative estimate of drug-likeness (QED) is 0.369. The molecule has 2 aliphatic rings. The molecule has 0 aliphatic carbocycles. The van der Waals surface area contributed by atoms with Crippen LogP contribution in [0.25, 0.3) is 5.57 Å². The Bertz CT molecular complexity index is 1430. The van der Waals surface area contributed by atoms with Crippen molar-refractivity contribution in [1.82, 2.24) is 10.3 Å². The summed E-state index contributed by atoms with van der Waals surface area (Å²) in [4.78, 5) is 21.2. The van der Waals surface area contributed by atoms with E-state index in [-0.39, 0.29) is 23.5 Å². The van der Waals surface area contributed by atoms with Crippen LogP contribution >= 0.6 is 12.2 Å². The molecule has 1 saturated heterocycles. The van der Waals surface area contributed by atoms with Gasteiger partial charge in [-0.2, -0.15) is 0 Å². The molecule has 0 bridgehead atoms. The third-order valence-corrected chi connectivity index (χ3v) is 8.08. The van der Waals surface area contributed by atoms with Gasteiger partial charge in [0.05, 0.1) is 23.3 Å². The van der Waals surface area contributed by atoms with Crippen molar-refractivity contribution in [1.29, 1.82) is 0 Å². The molecule has 5 rings (SSSR count). The number of allylic oxidation sites excluding steroid dienone is 1. The Labute approximate surface area is 230 Å². The lowest BCUT2D eigenvalue weighted by molar-refractivity contribution is -0.115. The van der Waals surface area contributed by atoms with Crippen LogP contribution < -0.4 is 20.4 Å². The van der Waals surface area contributed by atoms with Crippen LogP contribution in [0.1, 0.15) is 68.6 Å². The highest BCUT2D eigenvalue weighted by atomic mass is 32.1. The van der Waals surface area contributed by atoms with Crippen molar-refractivity contribution in [3.05, 3.63) is 89.3 Å². The van der Waals surface area contributed by atoms with Gasteiger partial charge in [-0.3, -0.25) is 9.78 Å². The highest BCUT2D eigenvalue weighted by molar-refractivity contribution is 7.80. The predicted octanol–water partition coefficient (Wildman–Crippen LogP) is 6.55. The van der Waals surface area contributed by atoms with Gasteiger partial charge in [-0.05, 0) is 99.1 Å². The lowest BCUT2D eigenvalue weighted by Gasteiger charge is -2.41. The van der Waals surface area contributed by atoms with Crippen LogP contribution in [0, 0.1) is 6.92 Å². The van der Waals surface area contributed by atoms with E-state index in [1.54, 1.807) is 0 Å². The van der Waals surface area contributed by atoms with Gasteiger partial charge in [-0.25, -0.2) is 0 Å². The van der Waals surface area contributed by atoms with Crippen LogP contribution in [-0.2, 0) is 4.79 Å². The number of benzene rings is 2. The summed E-state index contributed by atoms with van der Waals surface area (Å²) in [6, 6.07) is 18.6. The largest absolute Gasteiger partial charge is 0.366 e. The number of aromatic nitrogens is 1. The Morgan fingerprint density at radius 2 is 1.92 bits per heavy atom. The maximum absolute atomic E-state index is 12.0. The predicted molar refractivity (Wildman–Crippen MR) is 161 cm³/mol. The molecule has 7 heteroatoms. The molecule has 3 aromatic rings. The maximum atomic E-state index is 12.0. The lowest BCUT2D eigenvalue weighted by atomic mass is 9.86. The number of hydrogen-bond acceptors (Lipinski definition) is 4. The smallest absolute Gasteiger partial charge is 0.224 e. The fraction of sp³-hybridized carbons (Fsp3) is 0.323. The number of likely N-dealkylation sites (N-methyl/N-ethyl adjacent to an activating group) is 1. The minimum absolute atomic E-state index is 0.00191. The normalized spacial score (nSPS) is 20.1. The third-order valence-electron chi connectivity index (χ3n) is 7.76. The first-order valence-electron chi connectivity index (χ1n) is 13.1. The van der Waals surface area contributed by atoms with Crippen LogP contribution in [0.5, 0.6) is 0 Å². The zero-order valence-corrected chi connectivity index (χ0v) is 23.7. The molecule has 2 unspecified atom stereocenters. The fourth-order valence-corrected chi connectivity index (χ4v) is 5.86. The Balaban J connectivity index is 1.61. The van der Waals surface area contributed by atoms with Crippen molar-refractivity contribution in [2.75, 3.05) is 22.2 Å². The minimum Gasteiger partial charge on any atom is -0.366 e. The van der Waals surface area contributed by atoms with Crippen molar-refractivity contribution in [2.24, 2.45) is 0 Å². The van der Waals surface area contributed by atoms with E-state index in [2.05, 4.69) is 78.6 Å². The molecule has 2 aromatic carbocycles. The fourth-order valence-electron chi connectivity index (χ4n) is 5.51. The number of thiocarbonyl (C=S) groups is 1. The molecule has 1 fully saturated rings. The van der Waals surface area contributed by atoms with E-state index in [4.69, 9.17) is 17.2 Å². The first kappa shape index (κ1) is 25.9. The number of anilines is 3. The monoisotopic (exact) mass is 525 g/mol. The summed E-state index contributed by atoms with van der Waals surface area (Å²) in [6.07, 6.45) is 4.59.